The molecule has 0 aromatic rings. The number of allylic oxidation sites excluding steroid dienone is 1. The summed E-state index contributed by atoms with van der Waals surface area (Å²) in [4.78, 5) is 34.2. The van der Waals surface area contributed by atoms with Crippen LogP contribution in [0.2, 0.25) is 0 Å². The maximum atomic E-state index is 11.5. The fourth-order valence-electron chi connectivity index (χ4n) is 1.29. The Morgan fingerprint density at radius 1 is 1.05 bits per heavy atom. The summed E-state index contributed by atoms with van der Waals surface area (Å²) in [6.45, 7) is 9.51. The molecule has 7 nitrogen and oxygen atoms in total. The minimum Gasteiger partial charge on any atom is -0.444 e. The molecule has 22 heavy (non-hydrogen) atoms. The van der Waals surface area contributed by atoms with E-state index < -0.39 is 11.7 Å². The molecule has 0 aliphatic rings. The Morgan fingerprint density at radius 2 is 1.64 bits per heavy atom. The van der Waals surface area contributed by atoms with Crippen molar-refractivity contribution in [2.75, 3.05) is 19.6 Å². The first-order chi connectivity index (χ1) is 10.1. The van der Waals surface area contributed by atoms with Crippen LogP contribution in [0.4, 0.5) is 4.79 Å². The van der Waals surface area contributed by atoms with Gasteiger partial charge in [0.05, 0.1) is 6.54 Å². The molecule has 0 saturated heterocycles. The highest BCUT2D eigenvalue weighted by Crippen LogP contribution is 2.05. The van der Waals surface area contributed by atoms with Crippen LogP contribution in [0.15, 0.2) is 11.6 Å². The molecular formula is C15H27N3O4. The fourth-order valence-corrected chi connectivity index (χ4v) is 1.29. The van der Waals surface area contributed by atoms with Crippen molar-refractivity contribution >= 4 is 17.9 Å². The van der Waals surface area contributed by atoms with Crippen molar-refractivity contribution in [1.29, 1.82) is 0 Å². The molecule has 0 saturated carbocycles. The van der Waals surface area contributed by atoms with E-state index in [1.165, 1.54) is 6.08 Å². The molecule has 0 aliphatic carbocycles. The van der Waals surface area contributed by atoms with Crippen molar-refractivity contribution in [2.45, 2.75) is 46.6 Å². The number of ether oxygens (including phenoxy) is 1. The Balaban J connectivity index is 3.79. The van der Waals surface area contributed by atoms with E-state index >= 15 is 0 Å². The lowest BCUT2D eigenvalue weighted by atomic mass is 10.2. The van der Waals surface area contributed by atoms with E-state index in [4.69, 9.17) is 4.74 Å². The molecule has 7 heteroatoms. The second kappa shape index (κ2) is 9.81. The van der Waals surface area contributed by atoms with Gasteiger partial charge in [-0.05, 0) is 34.1 Å². The van der Waals surface area contributed by atoms with Crippen molar-refractivity contribution in [2.24, 2.45) is 0 Å². The summed E-state index contributed by atoms with van der Waals surface area (Å²) in [7, 11) is 0. The van der Waals surface area contributed by atoms with Gasteiger partial charge in [-0.15, -0.1) is 0 Å². The third-order valence-corrected chi connectivity index (χ3v) is 2.47. The van der Waals surface area contributed by atoms with Gasteiger partial charge in [-0.2, -0.15) is 0 Å². The van der Waals surface area contributed by atoms with Crippen LogP contribution in [0.5, 0.6) is 0 Å². The zero-order valence-electron chi connectivity index (χ0n) is 14.0. The number of rotatable bonds is 7. The Labute approximate surface area is 131 Å². The van der Waals surface area contributed by atoms with E-state index in [0.717, 1.165) is 12.0 Å². The van der Waals surface area contributed by atoms with Crippen LogP contribution in [0.1, 0.15) is 41.0 Å². The number of nitrogens with one attached hydrogen (secondary N) is 3. The number of amides is 3. The van der Waals surface area contributed by atoms with Crippen LogP contribution in [-0.4, -0.2) is 43.1 Å². The fraction of sp³-hybridized carbons (Fsp3) is 0.667. The highest BCUT2D eigenvalue weighted by molar-refractivity contribution is 5.88. The third-order valence-electron chi connectivity index (χ3n) is 2.47. The van der Waals surface area contributed by atoms with Gasteiger partial charge in [-0.25, -0.2) is 4.79 Å². The van der Waals surface area contributed by atoms with E-state index in [2.05, 4.69) is 16.0 Å². The summed E-state index contributed by atoms with van der Waals surface area (Å²) in [5, 5.41) is 7.59. The van der Waals surface area contributed by atoms with E-state index in [1.807, 2.05) is 13.8 Å². The van der Waals surface area contributed by atoms with Gasteiger partial charge in [0.15, 0.2) is 0 Å². The smallest absolute Gasteiger partial charge is 0.408 e. The molecular weight excluding hydrogens is 286 g/mol. The van der Waals surface area contributed by atoms with Crippen molar-refractivity contribution in [3.63, 3.8) is 0 Å². The lowest BCUT2D eigenvalue weighted by Crippen LogP contribution is -2.41. The zero-order chi connectivity index (χ0) is 17.2. The Bertz CT molecular complexity index is 425. The molecule has 0 atom stereocenters. The van der Waals surface area contributed by atoms with E-state index in [9.17, 15) is 14.4 Å². The second-order valence-electron chi connectivity index (χ2n) is 5.84. The molecule has 0 aromatic carbocycles. The molecule has 0 fully saturated rings. The lowest BCUT2D eigenvalue weighted by molar-refractivity contribution is -0.120. The van der Waals surface area contributed by atoms with Gasteiger partial charge in [0.25, 0.3) is 0 Å². The van der Waals surface area contributed by atoms with Crippen molar-refractivity contribution in [3.8, 4) is 0 Å². The molecule has 0 heterocycles. The van der Waals surface area contributed by atoms with Crippen molar-refractivity contribution in [3.05, 3.63) is 11.6 Å². The van der Waals surface area contributed by atoms with Crippen LogP contribution in [0.25, 0.3) is 0 Å². The maximum Gasteiger partial charge on any atom is 0.408 e. The summed E-state index contributed by atoms with van der Waals surface area (Å²) < 4.78 is 5.00. The molecule has 0 spiro atoms. The molecule has 0 aromatic heterocycles. The summed E-state index contributed by atoms with van der Waals surface area (Å²) >= 11 is 0. The number of hydrogen-bond acceptors (Lipinski definition) is 4. The predicted molar refractivity (Wildman–Crippen MR) is 84.3 cm³/mol. The molecule has 0 aliphatic heterocycles. The van der Waals surface area contributed by atoms with Crippen LogP contribution in [-0.2, 0) is 14.3 Å². The molecule has 0 unspecified atom stereocenters. The first-order valence-electron chi connectivity index (χ1n) is 7.32. The first-order valence-corrected chi connectivity index (χ1v) is 7.32. The Kier molecular flexibility index (Phi) is 8.89. The first kappa shape index (κ1) is 19.9. The molecule has 0 bridgehead atoms. The van der Waals surface area contributed by atoms with Crippen LogP contribution in [0.3, 0.4) is 0 Å². The molecule has 3 amide bonds. The molecule has 0 rings (SSSR count). The number of carbonyl (C=O) groups excluding carboxylic acids is 3. The SMILES string of the molecule is CC/C(C)=C/C(=O)NCCNC(=O)CNC(=O)OC(C)(C)C. The summed E-state index contributed by atoms with van der Waals surface area (Å²) in [6, 6.07) is 0. The molecule has 0 radical (unpaired) electrons. The van der Waals surface area contributed by atoms with Crippen molar-refractivity contribution in [1.82, 2.24) is 16.0 Å². The summed E-state index contributed by atoms with van der Waals surface area (Å²) in [5.74, 6) is -0.527. The van der Waals surface area contributed by atoms with Crippen LogP contribution >= 0.6 is 0 Å². The number of alkyl carbamates (subject to hydrolysis) is 1. The minimum absolute atomic E-state index is 0.169. The Hall–Kier alpha value is -2.05. The van der Waals surface area contributed by atoms with Crippen LogP contribution < -0.4 is 16.0 Å². The van der Waals surface area contributed by atoms with E-state index in [-0.39, 0.29) is 18.4 Å². The maximum absolute atomic E-state index is 11.5. The monoisotopic (exact) mass is 313 g/mol. The standard InChI is InChI=1S/C15H27N3O4/c1-6-11(2)9-12(19)16-7-8-17-13(20)10-18-14(21)22-15(3,4)5/h9H,6-8,10H2,1-5H3,(H,16,19)(H,17,20)(H,18,21)/b11-9+. The van der Waals surface area contributed by atoms with Crippen LogP contribution in [0, 0.1) is 0 Å². The van der Waals surface area contributed by atoms with Gasteiger partial charge in [-0.3, -0.25) is 9.59 Å². The van der Waals surface area contributed by atoms with Gasteiger partial charge in [0, 0.05) is 19.2 Å². The zero-order valence-corrected chi connectivity index (χ0v) is 14.0. The Morgan fingerprint density at radius 3 is 2.18 bits per heavy atom. The topological polar surface area (TPSA) is 96.5 Å². The average molecular weight is 313 g/mol. The minimum atomic E-state index is -0.642. The van der Waals surface area contributed by atoms with Gasteiger partial charge in [-0.1, -0.05) is 12.5 Å². The van der Waals surface area contributed by atoms with Crippen molar-refractivity contribution < 1.29 is 19.1 Å². The van der Waals surface area contributed by atoms with E-state index in [1.54, 1.807) is 20.8 Å². The number of hydrogen-bond donors (Lipinski definition) is 3. The average Bonchev–Trinajstić information content (AvgIpc) is 2.39. The van der Waals surface area contributed by atoms with Gasteiger partial charge in [0.1, 0.15) is 5.60 Å². The molecule has 126 valence electrons. The highest BCUT2D eigenvalue weighted by Gasteiger charge is 2.16. The van der Waals surface area contributed by atoms with Gasteiger partial charge in [0.2, 0.25) is 11.8 Å². The largest absolute Gasteiger partial charge is 0.444 e. The third kappa shape index (κ3) is 11.7. The predicted octanol–water partition coefficient (Wildman–Crippen LogP) is 1.10. The normalized spacial score (nSPS) is 11.6. The lowest BCUT2D eigenvalue weighted by Gasteiger charge is -2.19. The number of carbonyl (C=O) groups is 3. The summed E-state index contributed by atoms with van der Waals surface area (Å²) in [6.07, 6.45) is 1.71. The van der Waals surface area contributed by atoms with Gasteiger partial charge >= 0.3 is 6.09 Å². The highest BCUT2D eigenvalue weighted by atomic mass is 16.6. The van der Waals surface area contributed by atoms with Gasteiger partial charge < -0.3 is 20.7 Å². The van der Waals surface area contributed by atoms with E-state index in [0.29, 0.717) is 13.1 Å². The molecule has 3 N–H and O–H groups in total. The summed E-state index contributed by atoms with van der Waals surface area (Å²) in [5.41, 5.74) is 0.387. The quantitative estimate of drug-likeness (QED) is 0.484. The second-order valence-corrected chi connectivity index (χ2v) is 5.84.